The molecular formula is C20H23F3N3O2+. The molecule has 1 atom stereocenters. The summed E-state index contributed by atoms with van der Waals surface area (Å²) in [6, 6.07) is 9.14. The van der Waals surface area contributed by atoms with Crippen molar-refractivity contribution in [2.45, 2.75) is 19.8 Å². The van der Waals surface area contributed by atoms with Gasteiger partial charge in [0.25, 0.3) is 11.8 Å². The number of quaternary nitrogens is 1. The van der Waals surface area contributed by atoms with E-state index in [1.54, 1.807) is 19.2 Å². The molecule has 0 saturated carbocycles. The number of anilines is 2. The van der Waals surface area contributed by atoms with Gasteiger partial charge < -0.3 is 15.5 Å². The number of hydrogen-bond acceptors (Lipinski definition) is 2. The molecule has 1 unspecified atom stereocenters. The summed E-state index contributed by atoms with van der Waals surface area (Å²) < 4.78 is 39.7. The van der Waals surface area contributed by atoms with Crippen molar-refractivity contribution < 1.29 is 27.7 Å². The minimum absolute atomic E-state index is 0.000384. The second-order valence-corrected chi connectivity index (χ2v) is 6.91. The number of nitrogens with one attached hydrogen (secondary N) is 3. The second-order valence-electron chi connectivity index (χ2n) is 6.91. The molecule has 0 heterocycles. The number of amides is 2. The first-order chi connectivity index (χ1) is 13.2. The van der Waals surface area contributed by atoms with Crippen LogP contribution in [0.5, 0.6) is 0 Å². The molecule has 0 radical (unpaired) electrons. The second kappa shape index (κ2) is 9.36. The van der Waals surface area contributed by atoms with Gasteiger partial charge in [-0.3, -0.25) is 9.59 Å². The maximum Gasteiger partial charge on any atom is 0.279 e. The van der Waals surface area contributed by atoms with Crippen LogP contribution < -0.4 is 15.5 Å². The summed E-state index contributed by atoms with van der Waals surface area (Å²) in [6.07, 6.45) is 0. The van der Waals surface area contributed by atoms with Crippen molar-refractivity contribution in [1.82, 2.24) is 0 Å². The molecule has 2 aromatic carbocycles. The third-order valence-electron chi connectivity index (χ3n) is 4.10. The zero-order valence-electron chi connectivity index (χ0n) is 15.9. The molecule has 5 nitrogen and oxygen atoms in total. The summed E-state index contributed by atoms with van der Waals surface area (Å²) >= 11 is 0. The molecular weight excluding hydrogens is 371 g/mol. The van der Waals surface area contributed by atoms with E-state index < -0.39 is 29.0 Å². The summed E-state index contributed by atoms with van der Waals surface area (Å²) in [5, 5.41) is 4.92. The average Bonchev–Trinajstić information content (AvgIpc) is 2.62. The average molecular weight is 394 g/mol. The van der Waals surface area contributed by atoms with Gasteiger partial charge in [0.05, 0.1) is 12.7 Å². The van der Waals surface area contributed by atoms with Crippen molar-refractivity contribution >= 4 is 23.2 Å². The zero-order valence-corrected chi connectivity index (χ0v) is 15.9. The summed E-state index contributed by atoms with van der Waals surface area (Å²) in [5.41, 5.74) is 1.35. The Morgan fingerprint density at radius 3 is 2.04 bits per heavy atom. The monoisotopic (exact) mass is 394 g/mol. The van der Waals surface area contributed by atoms with Crippen LogP contribution in [-0.2, 0) is 9.59 Å². The number of rotatable bonds is 7. The molecule has 0 saturated heterocycles. The van der Waals surface area contributed by atoms with E-state index in [0.29, 0.717) is 16.5 Å². The number of carbonyl (C=O) groups is 2. The Labute approximate surface area is 161 Å². The fraction of sp³-hybridized carbons (Fsp3) is 0.300. The fourth-order valence-corrected chi connectivity index (χ4v) is 2.58. The summed E-state index contributed by atoms with van der Waals surface area (Å²) in [4.78, 5) is 24.6. The van der Waals surface area contributed by atoms with Crippen molar-refractivity contribution in [2.24, 2.45) is 0 Å². The summed E-state index contributed by atoms with van der Waals surface area (Å²) in [6.45, 7) is 3.99. The highest BCUT2D eigenvalue weighted by Gasteiger charge is 2.18. The van der Waals surface area contributed by atoms with Gasteiger partial charge in [0.15, 0.2) is 30.5 Å². The number of hydrogen-bond donors (Lipinski definition) is 3. The number of carbonyl (C=O) groups excluding carboxylic acids is 2. The van der Waals surface area contributed by atoms with Crippen LogP contribution in [0, 0.1) is 17.5 Å². The molecule has 0 spiro atoms. The van der Waals surface area contributed by atoms with Gasteiger partial charge in [0, 0.05) is 5.69 Å². The third-order valence-corrected chi connectivity index (χ3v) is 4.10. The molecule has 0 aliphatic rings. The number of benzene rings is 2. The summed E-state index contributed by atoms with van der Waals surface area (Å²) in [7, 11) is 1.61. The Hall–Kier alpha value is -2.87. The van der Waals surface area contributed by atoms with Gasteiger partial charge in [0.2, 0.25) is 0 Å². The van der Waals surface area contributed by atoms with Crippen molar-refractivity contribution in [3.8, 4) is 0 Å². The Kier molecular flexibility index (Phi) is 7.17. The van der Waals surface area contributed by atoms with Gasteiger partial charge in [-0.05, 0) is 35.7 Å². The minimum atomic E-state index is -1.65. The number of likely N-dealkylation sites (N-methyl/N-ethyl adjacent to an activating group) is 1. The van der Waals surface area contributed by atoms with E-state index in [2.05, 4.69) is 24.5 Å². The third kappa shape index (κ3) is 5.82. The van der Waals surface area contributed by atoms with Crippen LogP contribution in [0.3, 0.4) is 0 Å². The van der Waals surface area contributed by atoms with E-state index in [-0.39, 0.29) is 19.0 Å². The molecule has 2 amide bonds. The predicted octanol–water partition coefficient (Wildman–Crippen LogP) is 2.32. The van der Waals surface area contributed by atoms with Gasteiger partial charge in [-0.15, -0.1) is 0 Å². The number of halogens is 3. The Morgan fingerprint density at radius 1 is 0.893 bits per heavy atom. The molecule has 28 heavy (non-hydrogen) atoms. The first-order valence-corrected chi connectivity index (χ1v) is 8.81. The van der Waals surface area contributed by atoms with Crippen molar-refractivity contribution in [3.05, 3.63) is 59.4 Å². The first-order valence-electron chi connectivity index (χ1n) is 8.81. The molecule has 0 aliphatic carbocycles. The normalized spacial score (nSPS) is 12.0. The fourth-order valence-electron chi connectivity index (χ4n) is 2.58. The topological polar surface area (TPSA) is 62.6 Å². The highest BCUT2D eigenvalue weighted by molar-refractivity contribution is 5.93. The lowest BCUT2D eigenvalue weighted by Gasteiger charge is -2.14. The summed E-state index contributed by atoms with van der Waals surface area (Å²) in [5.74, 6) is -4.98. The van der Waals surface area contributed by atoms with E-state index in [0.717, 1.165) is 17.7 Å². The van der Waals surface area contributed by atoms with Crippen LogP contribution in [0.1, 0.15) is 25.3 Å². The van der Waals surface area contributed by atoms with E-state index in [9.17, 15) is 22.8 Å². The smallest absolute Gasteiger partial charge is 0.279 e. The van der Waals surface area contributed by atoms with Crippen LogP contribution in [-0.4, -0.2) is 32.0 Å². The molecule has 0 fully saturated rings. The molecule has 8 heteroatoms. The maximum absolute atomic E-state index is 13.6. The SMILES string of the molecule is CC(C)c1ccc(NC(=O)C[NH+](C)CC(=O)Nc2ccc(F)c(F)c2F)cc1. The highest BCUT2D eigenvalue weighted by Crippen LogP contribution is 2.19. The first kappa shape index (κ1) is 21.4. The molecule has 150 valence electrons. The lowest BCUT2D eigenvalue weighted by molar-refractivity contribution is -0.862. The van der Waals surface area contributed by atoms with Gasteiger partial charge in [0.1, 0.15) is 0 Å². The predicted molar refractivity (Wildman–Crippen MR) is 101 cm³/mol. The molecule has 0 aromatic heterocycles. The van der Waals surface area contributed by atoms with Gasteiger partial charge in [-0.2, -0.15) is 0 Å². The van der Waals surface area contributed by atoms with E-state index in [4.69, 9.17) is 0 Å². The van der Waals surface area contributed by atoms with Gasteiger partial charge >= 0.3 is 0 Å². The molecule has 0 bridgehead atoms. The highest BCUT2D eigenvalue weighted by atomic mass is 19.2. The van der Waals surface area contributed by atoms with Crippen molar-refractivity contribution in [2.75, 3.05) is 30.8 Å². The van der Waals surface area contributed by atoms with Crippen LogP contribution >= 0.6 is 0 Å². The van der Waals surface area contributed by atoms with Crippen LogP contribution in [0.2, 0.25) is 0 Å². The van der Waals surface area contributed by atoms with Gasteiger partial charge in [-0.1, -0.05) is 26.0 Å². The Bertz CT molecular complexity index is 855. The molecule has 0 aliphatic heterocycles. The van der Waals surface area contributed by atoms with Crippen LogP contribution in [0.4, 0.5) is 24.5 Å². The molecule has 3 N–H and O–H groups in total. The van der Waals surface area contributed by atoms with E-state index in [1.165, 1.54) is 0 Å². The maximum atomic E-state index is 13.6. The van der Waals surface area contributed by atoms with E-state index >= 15 is 0 Å². The van der Waals surface area contributed by atoms with E-state index in [1.807, 2.05) is 12.1 Å². The van der Waals surface area contributed by atoms with Gasteiger partial charge in [-0.25, -0.2) is 13.2 Å². The molecule has 2 rings (SSSR count). The lowest BCUT2D eigenvalue weighted by Crippen LogP contribution is -3.11. The quantitative estimate of drug-likeness (QED) is 0.631. The standard InChI is InChI=1S/C20H22F3N3O2/c1-12(2)13-4-6-14(7-5-13)24-17(27)10-26(3)11-18(28)25-16-9-8-15(21)19(22)20(16)23/h4-9,12H,10-11H2,1-3H3,(H,24,27)(H,25,28)/p+1. The van der Waals surface area contributed by atoms with Crippen molar-refractivity contribution in [1.29, 1.82) is 0 Å². The Balaban J connectivity index is 1.85. The minimum Gasteiger partial charge on any atom is -0.322 e. The Morgan fingerprint density at radius 2 is 1.46 bits per heavy atom. The lowest BCUT2D eigenvalue weighted by atomic mass is 10.0. The zero-order chi connectivity index (χ0) is 20.8. The molecule has 2 aromatic rings. The van der Waals surface area contributed by atoms with Crippen molar-refractivity contribution in [3.63, 3.8) is 0 Å². The van der Waals surface area contributed by atoms with Crippen LogP contribution in [0.25, 0.3) is 0 Å². The largest absolute Gasteiger partial charge is 0.322 e. The van der Waals surface area contributed by atoms with Crippen LogP contribution in [0.15, 0.2) is 36.4 Å².